The number of ketones is 2. The molecule has 10 nitrogen and oxygen atoms in total. The van der Waals surface area contributed by atoms with Gasteiger partial charge in [-0.2, -0.15) is 0 Å². The van der Waals surface area contributed by atoms with Crippen molar-refractivity contribution in [3.05, 3.63) is 118 Å². The predicted octanol–water partition coefficient (Wildman–Crippen LogP) is 7.70. The fraction of sp³-hybridized carbons (Fsp3) is 0.364. The van der Waals surface area contributed by atoms with E-state index in [0.29, 0.717) is 47.0 Å². The summed E-state index contributed by atoms with van der Waals surface area (Å²) in [4.78, 5) is 53.4. The molecular weight excluding hydrogens is 688 g/mol. The molecule has 2 aliphatic heterocycles. The molecule has 0 spiro atoms. The van der Waals surface area contributed by atoms with Gasteiger partial charge in [0.1, 0.15) is 47.0 Å². The van der Waals surface area contributed by atoms with Crippen molar-refractivity contribution in [2.45, 2.75) is 63.6 Å². The maximum atomic E-state index is 13.7. The first-order chi connectivity index (χ1) is 26.2. The van der Waals surface area contributed by atoms with E-state index in [1.807, 2.05) is 74.5 Å². The highest BCUT2D eigenvalue weighted by Crippen LogP contribution is 2.59. The number of esters is 2. The minimum Gasteiger partial charge on any atom is -0.497 e. The first-order valence-electron chi connectivity index (χ1n) is 18.5. The third-order valence-electron chi connectivity index (χ3n) is 11.5. The molecule has 2 heterocycles. The van der Waals surface area contributed by atoms with E-state index in [1.54, 1.807) is 52.3 Å². The summed E-state index contributed by atoms with van der Waals surface area (Å²) in [6.07, 6.45) is -0.193. The Hall–Kier alpha value is -5.64. The summed E-state index contributed by atoms with van der Waals surface area (Å²) >= 11 is 0. The Morgan fingerprint density at radius 2 is 0.981 bits per heavy atom. The summed E-state index contributed by atoms with van der Waals surface area (Å²) < 4.78 is 34.0. The van der Waals surface area contributed by atoms with Crippen molar-refractivity contribution in [3.63, 3.8) is 0 Å². The molecule has 4 bridgehead atoms. The first kappa shape index (κ1) is 36.7. The molecule has 10 heteroatoms. The molecule has 54 heavy (non-hydrogen) atoms. The summed E-state index contributed by atoms with van der Waals surface area (Å²) in [6.45, 7) is 7.93. The summed E-state index contributed by atoms with van der Waals surface area (Å²) in [7, 11) is 3.17. The molecule has 8 rings (SSSR count). The summed E-state index contributed by atoms with van der Waals surface area (Å²) in [6, 6.07) is 25.6. The topological polar surface area (TPSA) is 124 Å². The Balaban J connectivity index is 0.000000167. The fourth-order valence-electron chi connectivity index (χ4n) is 9.11. The van der Waals surface area contributed by atoms with Crippen LogP contribution in [0.25, 0.3) is 0 Å². The number of Topliss-reactive ketones (excluding diaryl/α,β-unsaturated/α-hetero) is 2. The van der Waals surface area contributed by atoms with Gasteiger partial charge in [0.05, 0.1) is 38.3 Å². The third kappa shape index (κ3) is 5.28. The molecule has 4 aromatic carbocycles. The second kappa shape index (κ2) is 14.3. The number of hydrogen-bond acceptors (Lipinski definition) is 10. The molecule has 4 aliphatic rings. The standard InChI is InChI=1S/2C22H22O5/c2*1-4-22-16-11-10-13(25-3)12-17(16)27-19(18(22)21(24)26-5-2)14-8-6-7-9-15(14)20(22)23/h2*6-12,18-19H,4-5H2,1-3H3/t2*18-,19+,22+/m11/s1. The number of carbonyl (C=O) groups is 4. The zero-order valence-corrected chi connectivity index (χ0v) is 31.3. The molecular formula is C44H44O10. The Morgan fingerprint density at radius 1 is 0.593 bits per heavy atom. The summed E-state index contributed by atoms with van der Waals surface area (Å²) in [5.74, 6) is 0.143. The second-order valence-corrected chi connectivity index (χ2v) is 13.7. The van der Waals surface area contributed by atoms with Gasteiger partial charge in [0.2, 0.25) is 0 Å². The lowest BCUT2D eigenvalue weighted by Crippen LogP contribution is -2.56. The number of ether oxygens (including phenoxy) is 6. The summed E-state index contributed by atoms with van der Waals surface area (Å²) in [5, 5.41) is 0. The predicted molar refractivity (Wildman–Crippen MR) is 198 cm³/mol. The molecule has 280 valence electrons. The molecule has 0 aromatic heterocycles. The van der Waals surface area contributed by atoms with E-state index in [9.17, 15) is 19.2 Å². The molecule has 0 saturated carbocycles. The summed E-state index contributed by atoms with van der Waals surface area (Å²) in [5.41, 5.74) is 2.13. The van der Waals surface area contributed by atoms with Crippen molar-refractivity contribution < 1.29 is 47.6 Å². The number of carbonyl (C=O) groups excluding carboxylic acids is 4. The lowest BCUT2D eigenvalue weighted by Gasteiger charge is -2.49. The zero-order chi connectivity index (χ0) is 38.4. The van der Waals surface area contributed by atoms with E-state index in [1.165, 1.54) is 0 Å². The number of fused-ring (bicyclic) bond motifs is 12. The van der Waals surface area contributed by atoms with Crippen molar-refractivity contribution in [2.75, 3.05) is 27.4 Å². The van der Waals surface area contributed by atoms with Gasteiger partial charge < -0.3 is 28.4 Å². The van der Waals surface area contributed by atoms with Gasteiger partial charge in [-0.3, -0.25) is 19.2 Å². The monoisotopic (exact) mass is 732 g/mol. The number of rotatable bonds is 8. The Bertz CT molecular complexity index is 1990. The van der Waals surface area contributed by atoms with E-state index in [2.05, 4.69) is 0 Å². The van der Waals surface area contributed by atoms with Crippen LogP contribution in [0, 0.1) is 11.8 Å². The number of methoxy groups -OCH3 is 2. The molecule has 6 atom stereocenters. The van der Waals surface area contributed by atoms with Gasteiger partial charge in [-0.05, 0) is 38.8 Å². The Morgan fingerprint density at radius 3 is 1.33 bits per heavy atom. The molecule has 2 aliphatic carbocycles. The van der Waals surface area contributed by atoms with Gasteiger partial charge >= 0.3 is 11.9 Å². The molecule has 0 fully saturated rings. The lowest BCUT2D eigenvalue weighted by molar-refractivity contribution is -0.157. The minimum atomic E-state index is -1.01. The van der Waals surface area contributed by atoms with Crippen molar-refractivity contribution >= 4 is 23.5 Å². The SMILES string of the molecule is CCOC(=O)[C@H]1[C@H]2Oc3cc(OC)ccc3[C@]1(CC)C(=O)c1ccccc12.CCOC(=O)[C@H]1[C@H]2Oc3cc(OC)ccc3[C@]1(CC)C(=O)c1ccccc12. The van der Waals surface area contributed by atoms with Crippen molar-refractivity contribution in [1.29, 1.82) is 0 Å². The van der Waals surface area contributed by atoms with Gasteiger partial charge in [-0.1, -0.05) is 74.5 Å². The van der Waals surface area contributed by atoms with Crippen LogP contribution in [-0.2, 0) is 29.9 Å². The quantitative estimate of drug-likeness (QED) is 0.167. The van der Waals surface area contributed by atoms with Gasteiger partial charge in [-0.25, -0.2) is 0 Å². The maximum Gasteiger partial charge on any atom is 0.314 e. The van der Waals surface area contributed by atoms with Gasteiger partial charge in [0.25, 0.3) is 0 Å². The highest BCUT2D eigenvalue weighted by Gasteiger charge is 2.63. The van der Waals surface area contributed by atoms with Crippen LogP contribution in [0.1, 0.15) is 95.7 Å². The van der Waals surface area contributed by atoms with Crippen LogP contribution in [0.2, 0.25) is 0 Å². The van der Waals surface area contributed by atoms with Crippen LogP contribution in [0.15, 0.2) is 84.9 Å². The van der Waals surface area contributed by atoms with Gasteiger partial charge in [0.15, 0.2) is 11.6 Å². The molecule has 0 radical (unpaired) electrons. The molecule has 0 unspecified atom stereocenters. The molecule has 0 saturated heterocycles. The van der Waals surface area contributed by atoms with Crippen molar-refractivity contribution in [1.82, 2.24) is 0 Å². The van der Waals surface area contributed by atoms with Gasteiger partial charge in [0, 0.05) is 45.5 Å². The maximum absolute atomic E-state index is 13.7. The minimum absolute atomic E-state index is 0.0513. The van der Waals surface area contributed by atoms with Crippen molar-refractivity contribution in [3.8, 4) is 23.0 Å². The second-order valence-electron chi connectivity index (χ2n) is 13.7. The fourth-order valence-corrected chi connectivity index (χ4v) is 9.11. The third-order valence-corrected chi connectivity index (χ3v) is 11.5. The van der Waals surface area contributed by atoms with Crippen LogP contribution < -0.4 is 18.9 Å². The van der Waals surface area contributed by atoms with E-state index in [-0.39, 0.29) is 24.8 Å². The lowest BCUT2D eigenvalue weighted by atomic mass is 9.56. The van der Waals surface area contributed by atoms with Crippen LogP contribution in [0.4, 0.5) is 0 Å². The van der Waals surface area contributed by atoms with Crippen LogP contribution in [-0.4, -0.2) is 50.9 Å². The van der Waals surface area contributed by atoms with Crippen LogP contribution in [0.5, 0.6) is 23.0 Å². The van der Waals surface area contributed by atoms with Crippen LogP contribution in [0.3, 0.4) is 0 Å². The average molecular weight is 733 g/mol. The number of hydrogen-bond donors (Lipinski definition) is 0. The highest BCUT2D eigenvalue weighted by molar-refractivity contribution is 6.11. The number of benzene rings is 4. The molecule has 4 aromatic rings. The Kier molecular flexibility index (Phi) is 9.72. The smallest absolute Gasteiger partial charge is 0.314 e. The first-order valence-corrected chi connectivity index (χ1v) is 18.5. The highest BCUT2D eigenvalue weighted by atomic mass is 16.5. The zero-order valence-electron chi connectivity index (χ0n) is 31.3. The molecule has 0 N–H and O–H groups in total. The average Bonchev–Trinajstić information content (AvgIpc) is 3.20. The van der Waals surface area contributed by atoms with Crippen molar-refractivity contribution in [2.24, 2.45) is 11.8 Å². The van der Waals surface area contributed by atoms with Crippen LogP contribution >= 0.6 is 0 Å². The largest absolute Gasteiger partial charge is 0.497 e. The molecule has 0 amide bonds. The normalized spacial score (nSPS) is 25.1. The van der Waals surface area contributed by atoms with E-state index in [4.69, 9.17) is 28.4 Å². The van der Waals surface area contributed by atoms with E-state index >= 15 is 0 Å². The van der Waals surface area contributed by atoms with E-state index in [0.717, 1.165) is 22.3 Å². The van der Waals surface area contributed by atoms with Gasteiger partial charge in [-0.15, -0.1) is 0 Å². The van der Waals surface area contributed by atoms with E-state index < -0.39 is 46.8 Å². The Labute approximate surface area is 314 Å².